The molecule has 1 unspecified atom stereocenters. The lowest BCUT2D eigenvalue weighted by molar-refractivity contribution is -0.0532. The van der Waals surface area contributed by atoms with E-state index in [1.165, 1.54) is 0 Å². The Labute approximate surface area is 108 Å². The van der Waals surface area contributed by atoms with Crippen molar-refractivity contribution in [1.29, 1.82) is 0 Å². The third-order valence-corrected chi connectivity index (χ3v) is 3.84. The van der Waals surface area contributed by atoms with E-state index in [-0.39, 0.29) is 24.7 Å². The fourth-order valence-corrected chi connectivity index (χ4v) is 3.10. The molecule has 2 heterocycles. The van der Waals surface area contributed by atoms with Gasteiger partial charge in [0.2, 0.25) is 0 Å². The summed E-state index contributed by atoms with van der Waals surface area (Å²) in [6.45, 7) is 5.87. The van der Waals surface area contributed by atoms with Crippen LogP contribution in [-0.4, -0.2) is 45.9 Å². The van der Waals surface area contributed by atoms with E-state index in [9.17, 15) is 9.90 Å². The first-order valence-electron chi connectivity index (χ1n) is 6.68. The number of carbonyl (C=O) groups excluding carboxylic acids is 1. The van der Waals surface area contributed by atoms with Crippen LogP contribution >= 0.6 is 0 Å². The van der Waals surface area contributed by atoms with Crippen molar-refractivity contribution in [2.45, 2.75) is 69.7 Å². The van der Waals surface area contributed by atoms with Crippen LogP contribution in [0.1, 0.15) is 46.5 Å². The van der Waals surface area contributed by atoms with Crippen molar-refractivity contribution in [3.8, 4) is 0 Å². The number of amides is 1. The van der Waals surface area contributed by atoms with Gasteiger partial charge < -0.3 is 20.5 Å². The highest BCUT2D eigenvalue weighted by atomic mass is 16.6. The van der Waals surface area contributed by atoms with E-state index >= 15 is 0 Å². The molecule has 0 aromatic heterocycles. The van der Waals surface area contributed by atoms with Crippen molar-refractivity contribution in [1.82, 2.24) is 4.90 Å². The molecule has 2 aliphatic rings. The quantitative estimate of drug-likeness (QED) is 0.740. The van der Waals surface area contributed by atoms with Gasteiger partial charge in [0, 0.05) is 18.6 Å². The van der Waals surface area contributed by atoms with Gasteiger partial charge in [-0.25, -0.2) is 4.79 Å². The first-order valence-corrected chi connectivity index (χ1v) is 6.68. The van der Waals surface area contributed by atoms with Crippen LogP contribution in [0.25, 0.3) is 0 Å². The number of aliphatic hydroxyl groups is 1. The van der Waals surface area contributed by atoms with E-state index in [0.29, 0.717) is 12.8 Å². The van der Waals surface area contributed by atoms with Crippen LogP contribution in [0.5, 0.6) is 0 Å². The van der Waals surface area contributed by atoms with Crippen LogP contribution in [0.3, 0.4) is 0 Å². The monoisotopic (exact) mass is 256 g/mol. The Morgan fingerprint density at radius 1 is 1.39 bits per heavy atom. The van der Waals surface area contributed by atoms with E-state index in [0.717, 1.165) is 12.8 Å². The lowest BCUT2D eigenvalue weighted by Gasteiger charge is -2.43. The highest BCUT2D eigenvalue weighted by Gasteiger charge is 2.49. The average molecular weight is 256 g/mol. The molecule has 5 nitrogen and oxygen atoms in total. The molecular weight excluding hydrogens is 232 g/mol. The summed E-state index contributed by atoms with van der Waals surface area (Å²) >= 11 is 0. The number of nitrogens with zero attached hydrogens (tertiary/aromatic N) is 1. The third kappa shape index (κ3) is 2.62. The normalized spacial score (nSPS) is 35.7. The highest BCUT2D eigenvalue weighted by Crippen LogP contribution is 2.41. The van der Waals surface area contributed by atoms with Gasteiger partial charge in [0.05, 0.1) is 5.60 Å². The van der Waals surface area contributed by atoms with Crippen LogP contribution < -0.4 is 5.73 Å². The summed E-state index contributed by atoms with van der Waals surface area (Å²) < 4.78 is 5.43. The minimum absolute atomic E-state index is 0.0761. The van der Waals surface area contributed by atoms with Crippen molar-refractivity contribution in [2.24, 2.45) is 5.73 Å². The van der Waals surface area contributed by atoms with E-state index in [1.54, 1.807) is 0 Å². The molecule has 104 valence electrons. The fraction of sp³-hybridized carbons (Fsp3) is 0.923. The van der Waals surface area contributed by atoms with Crippen molar-refractivity contribution in [3.05, 3.63) is 0 Å². The molecular formula is C13H24N2O3. The predicted octanol–water partition coefficient (Wildman–Crippen LogP) is 1.24. The molecule has 1 amide bonds. The van der Waals surface area contributed by atoms with Crippen LogP contribution in [-0.2, 0) is 4.74 Å². The minimum Gasteiger partial charge on any atom is -0.444 e. The van der Waals surface area contributed by atoms with Crippen molar-refractivity contribution in [2.75, 3.05) is 6.54 Å². The number of carbonyl (C=O) groups is 1. The Morgan fingerprint density at radius 3 is 2.28 bits per heavy atom. The topological polar surface area (TPSA) is 75.8 Å². The number of hydrogen-bond acceptors (Lipinski definition) is 4. The largest absolute Gasteiger partial charge is 0.444 e. The van der Waals surface area contributed by atoms with E-state index in [1.807, 2.05) is 25.7 Å². The Bertz CT molecular complexity index is 324. The van der Waals surface area contributed by atoms with Crippen LogP contribution in [0, 0.1) is 0 Å². The lowest BCUT2D eigenvalue weighted by atomic mass is 9.86. The second kappa shape index (κ2) is 4.38. The van der Waals surface area contributed by atoms with Gasteiger partial charge in [-0.05, 0) is 46.5 Å². The van der Waals surface area contributed by atoms with Gasteiger partial charge in [0.1, 0.15) is 5.60 Å². The highest BCUT2D eigenvalue weighted by molar-refractivity contribution is 5.69. The van der Waals surface area contributed by atoms with Gasteiger partial charge in [0.25, 0.3) is 0 Å². The Kier molecular flexibility index (Phi) is 3.32. The molecule has 0 aromatic carbocycles. The molecule has 0 aromatic rings. The smallest absolute Gasteiger partial charge is 0.410 e. The first-order chi connectivity index (χ1) is 8.24. The molecule has 0 aliphatic carbocycles. The summed E-state index contributed by atoms with van der Waals surface area (Å²) in [6.07, 6.45) is 2.76. The standard InChI is InChI=1S/C13H24N2O3/c1-12(2,3)18-11(16)15-9-4-5-10(15)7-13(17,6-9)8-14/h9-10,17H,4-8,14H2,1-3H3/t9-,10+,13?. The Balaban J connectivity index is 2.07. The number of rotatable bonds is 1. The van der Waals surface area contributed by atoms with E-state index < -0.39 is 11.2 Å². The van der Waals surface area contributed by atoms with Gasteiger partial charge in [-0.3, -0.25) is 0 Å². The molecule has 5 heteroatoms. The minimum atomic E-state index is -0.801. The first kappa shape index (κ1) is 13.6. The molecule has 2 saturated heterocycles. The zero-order valence-electron chi connectivity index (χ0n) is 11.5. The summed E-state index contributed by atoms with van der Waals surface area (Å²) in [4.78, 5) is 14.0. The van der Waals surface area contributed by atoms with Crippen LogP contribution in [0.2, 0.25) is 0 Å². The molecule has 0 saturated carbocycles. The molecule has 0 radical (unpaired) electrons. The lowest BCUT2D eigenvalue weighted by Crippen LogP contribution is -2.56. The fourth-order valence-electron chi connectivity index (χ4n) is 3.10. The Hall–Kier alpha value is -0.810. The summed E-state index contributed by atoms with van der Waals surface area (Å²) in [6, 6.07) is 0.152. The molecule has 3 atom stereocenters. The number of piperidine rings is 1. The van der Waals surface area contributed by atoms with Crippen molar-refractivity contribution >= 4 is 6.09 Å². The summed E-state index contributed by atoms with van der Waals surface area (Å²) in [7, 11) is 0. The van der Waals surface area contributed by atoms with Crippen LogP contribution in [0.15, 0.2) is 0 Å². The predicted molar refractivity (Wildman–Crippen MR) is 68.1 cm³/mol. The Morgan fingerprint density at radius 2 is 1.89 bits per heavy atom. The number of ether oxygens (including phenoxy) is 1. The molecule has 18 heavy (non-hydrogen) atoms. The maximum Gasteiger partial charge on any atom is 0.410 e. The van der Waals surface area contributed by atoms with Crippen molar-refractivity contribution < 1.29 is 14.6 Å². The molecule has 3 N–H and O–H groups in total. The zero-order chi connectivity index (χ0) is 13.6. The number of hydrogen-bond donors (Lipinski definition) is 2. The second-order valence-corrected chi connectivity index (χ2v) is 6.61. The molecule has 2 aliphatic heterocycles. The van der Waals surface area contributed by atoms with Gasteiger partial charge in [-0.15, -0.1) is 0 Å². The van der Waals surface area contributed by atoms with Crippen LogP contribution in [0.4, 0.5) is 4.79 Å². The maximum absolute atomic E-state index is 12.2. The zero-order valence-corrected chi connectivity index (χ0v) is 11.5. The molecule has 2 bridgehead atoms. The average Bonchev–Trinajstić information content (AvgIpc) is 2.50. The van der Waals surface area contributed by atoms with Gasteiger partial charge in [-0.1, -0.05) is 0 Å². The third-order valence-electron chi connectivity index (χ3n) is 3.84. The van der Waals surface area contributed by atoms with Gasteiger partial charge in [0.15, 0.2) is 0 Å². The summed E-state index contributed by atoms with van der Waals surface area (Å²) in [5, 5.41) is 10.3. The molecule has 2 fully saturated rings. The number of fused-ring (bicyclic) bond motifs is 2. The summed E-state index contributed by atoms with van der Waals surface area (Å²) in [5.74, 6) is 0. The van der Waals surface area contributed by atoms with Gasteiger partial charge in [-0.2, -0.15) is 0 Å². The maximum atomic E-state index is 12.2. The SMILES string of the molecule is CC(C)(C)OC(=O)N1[C@@H]2CC[C@H]1CC(O)(CN)C2. The van der Waals surface area contributed by atoms with Crippen molar-refractivity contribution in [3.63, 3.8) is 0 Å². The summed E-state index contributed by atoms with van der Waals surface area (Å²) in [5.41, 5.74) is 4.35. The number of nitrogens with two attached hydrogens (primary N) is 1. The van der Waals surface area contributed by atoms with Gasteiger partial charge >= 0.3 is 6.09 Å². The van der Waals surface area contributed by atoms with E-state index in [4.69, 9.17) is 10.5 Å². The second-order valence-electron chi connectivity index (χ2n) is 6.61. The van der Waals surface area contributed by atoms with E-state index in [2.05, 4.69) is 0 Å². The molecule has 0 spiro atoms. The molecule has 2 rings (SSSR count).